The SMILES string of the molecule is CCN(CC)C(=O)C(C)NC(=O)c1ccc(I)cc1. The molecule has 0 bridgehead atoms. The van der Waals surface area contributed by atoms with Crippen molar-refractivity contribution in [2.75, 3.05) is 13.1 Å². The number of likely N-dealkylation sites (N-methyl/N-ethyl adjacent to an activating group) is 1. The maximum Gasteiger partial charge on any atom is 0.251 e. The first-order chi connectivity index (χ1) is 8.99. The standard InChI is InChI=1S/C14H19IN2O2/c1-4-17(5-2)14(19)10(3)16-13(18)11-6-8-12(15)9-7-11/h6-10H,4-5H2,1-3H3,(H,16,18). The average molecular weight is 374 g/mol. The summed E-state index contributed by atoms with van der Waals surface area (Å²) in [6, 6.07) is 6.74. The van der Waals surface area contributed by atoms with Crippen LogP contribution in [0.4, 0.5) is 0 Å². The van der Waals surface area contributed by atoms with Crippen LogP contribution in [-0.2, 0) is 4.79 Å². The van der Waals surface area contributed by atoms with Crippen LogP contribution in [0.3, 0.4) is 0 Å². The van der Waals surface area contributed by atoms with Crippen LogP contribution in [0.25, 0.3) is 0 Å². The van der Waals surface area contributed by atoms with Gasteiger partial charge in [-0.2, -0.15) is 0 Å². The first-order valence-corrected chi connectivity index (χ1v) is 7.42. The lowest BCUT2D eigenvalue weighted by atomic mass is 10.2. The molecule has 1 atom stereocenters. The Morgan fingerprint density at radius 2 is 1.74 bits per heavy atom. The molecule has 2 amide bonds. The molecule has 104 valence electrons. The van der Waals surface area contributed by atoms with Gasteiger partial charge in [-0.15, -0.1) is 0 Å². The zero-order valence-corrected chi connectivity index (χ0v) is 13.6. The topological polar surface area (TPSA) is 49.4 Å². The molecule has 0 aliphatic rings. The van der Waals surface area contributed by atoms with E-state index in [9.17, 15) is 9.59 Å². The summed E-state index contributed by atoms with van der Waals surface area (Å²) in [5.74, 6) is -0.270. The van der Waals surface area contributed by atoms with E-state index in [1.54, 1.807) is 24.0 Å². The third kappa shape index (κ3) is 4.49. The smallest absolute Gasteiger partial charge is 0.251 e. The Kier molecular flexibility index (Phi) is 6.27. The maximum atomic E-state index is 12.0. The number of nitrogens with one attached hydrogen (secondary N) is 1. The molecule has 0 heterocycles. The number of hydrogen-bond donors (Lipinski definition) is 1. The molecule has 5 heteroatoms. The number of halogens is 1. The molecule has 1 aromatic carbocycles. The lowest BCUT2D eigenvalue weighted by Crippen LogP contribution is -2.46. The second-order valence-electron chi connectivity index (χ2n) is 4.21. The van der Waals surface area contributed by atoms with Crippen molar-refractivity contribution in [2.45, 2.75) is 26.8 Å². The van der Waals surface area contributed by atoms with E-state index in [2.05, 4.69) is 27.9 Å². The van der Waals surface area contributed by atoms with Gasteiger partial charge in [0.25, 0.3) is 5.91 Å². The molecule has 0 saturated heterocycles. The second-order valence-corrected chi connectivity index (χ2v) is 5.46. The van der Waals surface area contributed by atoms with E-state index in [1.165, 1.54) is 0 Å². The molecule has 0 fully saturated rings. The highest BCUT2D eigenvalue weighted by molar-refractivity contribution is 14.1. The third-order valence-corrected chi connectivity index (χ3v) is 3.62. The molecular weight excluding hydrogens is 355 g/mol. The minimum Gasteiger partial charge on any atom is -0.341 e. The summed E-state index contributed by atoms with van der Waals surface area (Å²) in [6.07, 6.45) is 0. The normalized spacial score (nSPS) is 11.8. The van der Waals surface area contributed by atoms with Crippen molar-refractivity contribution in [1.29, 1.82) is 0 Å². The first kappa shape index (κ1) is 15.9. The lowest BCUT2D eigenvalue weighted by Gasteiger charge is -2.23. The van der Waals surface area contributed by atoms with Gasteiger partial charge in [0, 0.05) is 22.2 Å². The van der Waals surface area contributed by atoms with Crippen molar-refractivity contribution >= 4 is 34.4 Å². The van der Waals surface area contributed by atoms with Gasteiger partial charge in [0.2, 0.25) is 5.91 Å². The Hall–Kier alpha value is -1.11. The highest BCUT2D eigenvalue weighted by Crippen LogP contribution is 2.07. The molecule has 19 heavy (non-hydrogen) atoms. The number of carbonyl (C=O) groups is 2. The predicted molar refractivity (Wildman–Crippen MR) is 84.0 cm³/mol. The summed E-state index contributed by atoms with van der Waals surface area (Å²) < 4.78 is 1.07. The van der Waals surface area contributed by atoms with E-state index in [0.717, 1.165) is 3.57 Å². The number of rotatable bonds is 5. The van der Waals surface area contributed by atoms with Gasteiger partial charge >= 0.3 is 0 Å². The summed E-state index contributed by atoms with van der Waals surface area (Å²) in [5.41, 5.74) is 0.569. The zero-order chi connectivity index (χ0) is 14.4. The molecule has 0 spiro atoms. The fraction of sp³-hybridized carbons (Fsp3) is 0.429. The quantitative estimate of drug-likeness (QED) is 0.804. The molecule has 1 aromatic rings. The van der Waals surface area contributed by atoms with E-state index < -0.39 is 6.04 Å². The van der Waals surface area contributed by atoms with Crippen molar-refractivity contribution in [3.8, 4) is 0 Å². The molecule has 1 N–H and O–H groups in total. The molecule has 4 nitrogen and oxygen atoms in total. The number of amides is 2. The summed E-state index contributed by atoms with van der Waals surface area (Å²) in [4.78, 5) is 25.7. The maximum absolute atomic E-state index is 12.0. The number of hydrogen-bond acceptors (Lipinski definition) is 2. The van der Waals surface area contributed by atoms with E-state index in [4.69, 9.17) is 0 Å². The van der Waals surface area contributed by atoms with Crippen LogP contribution in [0.1, 0.15) is 31.1 Å². The highest BCUT2D eigenvalue weighted by Gasteiger charge is 2.20. The molecule has 0 aliphatic carbocycles. The van der Waals surface area contributed by atoms with Crippen LogP contribution in [0.5, 0.6) is 0 Å². The fourth-order valence-electron chi connectivity index (χ4n) is 1.75. The summed E-state index contributed by atoms with van der Waals surface area (Å²) in [7, 11) is 0. The van der Waals surface area contributed by atoms with Gasteiger partial charge < -0.3 is 10.2 Å². The van der Waals surface area contributed by atoms with Crippen LogP contribution < -0.4 is 5.32 Å². The Morgan fingerprint density at radius 3 is 2.21 bits per heavy atom. The Balaban J connectivity index is 2.66. The van der Waals surface area contributed by atoms with Gasteiger partial charge in [-0.1, -0.05) is 0 Å². The summed E-state index contributed by atoms with van der Waals surface area (Å²) >= 11 is 2.18. The van der Waals surface area contributed by atoms with Crippen LogP contribution in [-0.4, -0.2) is 35.8 Å². The van der Waals surface area contributed by atoms with E-state index in [1.807, 2.05) is 26.0 Å². The highest BCUT2D eigenvalue weighted by atomic mass is 127. The molecular formula is C14H19IN2O2. The number of benzene rings is 1. The minimum absolute atomic E-state index is 0.0520. The largest absolute Gasteiger partial charge is 0.341 e. The van der Waals surface area contributed by atoms with Gasteiger partial charge in [-0.05, 0) is 67.6 Å². The average Bonchev–Trinajstić information content (AvgIpc) is 2.40. The summed E-state index contributed by atoms with van der Waals surface area (Å²) in [6.45, 7) is 6.87. The van der Waals surface area contributed by atoms with E-state index in [-0.39, 0.29) is 11.8 Å². The van der Waals surface area contributed by atoms with Crippen LogP contribution in [0.2, 0.25) is 0 Å². The van der Waals surface area contributed by atoms with Crippen molar-refractivity contribution < 1.29 is 9.59 Å². The van der Waals surface area contributed by atoms with Gasteiger partial charge in [-0.3, -0.25) is 9.59 Å². The van der Waals surface area contributed by atoms with Crippen molar-refractivity contribution in [3.63, 3.8) is 0 Å². The van der Waals surface area contributed by atoms with E-state index in [0.29, 0.717) is 18.7 Å². The fourth-order valence-corrected chi connectivity index (χ4v) is 2.11. The van der Waals surface area contributed by atoms with Crippen LogP contribution in [0, 0.1) is 3.57 Å². The Bertz CT molecular complexity index is 441. The van der Waals surface area contributed by atoms with Crippen molar-refractivity contribution in [3.05, 3.63) is 33.4 Å². The third-order valence-electron chi connectivity index (χ3n) is 2.90. The predicted octanol–water partition coefficient (Wildman–Crippen LogP) is 2.28. The minimum atomic E-state index is -0.508. The first-order valence-electron chi connectivity index (χ1n) is 6.34. The summed E-state index contributed by atoms with van der Waals surface area (Å²) in [5, 5.41) is 2.73. The van der Waals surface area contributed by atoms with Crippen LogP contribution in [0.15, 0.2) is 24.3 Å². The van der Waals surface area contributed by atoms with Gasteiger partial charge in [-0.25, -0.2) is 0 Å². The number of carbonyl (C=O) groups excluding carboxylic acids is 2. The molecule has 1 rings (SSSR count). The molecule has 0 aromatic heterocycles. The molecule has 0 aliphatic heterocycles. The van der Waals surface area contributed by atoms with Gasteiger partial charge in [0.15, 0.2) is 0 Å². The molecule has 1 unspecified atom stereocenters. The van der Waals surface area contributed by atoms with Gasteiger partial charge in [0.05, 0.1) is 0 Å². The Labute approximate surface area is 127 Å². The zero-order valence-electron chi connectivity index (χ0n) is 11.4. The van der Waals surface area contributed by atoms with Gasteiger partial charge in [0.1, 0.15) is 6.04 Å². The lowest BCUT2D eigenvalue weighted by molar-refractivity contribution is -0.132. The van der Waals surface area contributed by atoms with Crippen molar-refractivity contribution in [2.24, 2.45) is 0 Å². The van der Waals surface area contributed by atoms with Crippen LogP contribution >= 0.6 is 22.6 Å². The van der Waals surface area contributed by atoms with Crippen molar-refractivity contribution in [1.82, 2.24) is 10.2 Å². The molecule has 0 saturated carbocycles. The second kappa shape index (κ2) is 7.47. The molecule has 0 radical (unpaired) electrons. The Morgan fingerprint density at radius 1 is 1.21 bits per heavy atom. The monoisotopic (exact) mass is 374 g/mol. The van der Waals surface area contributed by atoms with E-state index >= 15 is 0 Å². The number of nitrogens with zero attached hydrogens (tertiary/aromatic N) is 1.